The van der Waals surface area contributed by atoms with Gasteiger partial charge in [-0.2, -0.15) is 4.31 Å². The van der Waals surface area contributed by atoms with Crippen molar-refractivity contribution < 1.29 is 13.2 Å². The van der Waals surface area contributed by atoms with E-state index in [1.165, 1.54) is 4.31 Å². The minimum Gasteiger partial charge on any atom is -0.351 e. The van der Waals surface area contributed by atoms with Gasteiger partial charge in [-0.05, 0) is 18.1 Å². The van der Waals surface area contributed by atoms with Crippen LogP contribution in [0.5, 0.6) is 0 Å². The Morgan fingerprint density at radius 1 is 0.929 bits per heavy atom. The molecule has 0 spiro atoms. The zero-order valence-electron chi connectivity index (χ0n) is 16.1. The molecule has 3 rings (SSSR count). The van der Waals surface area contributed by atoms with Crippen LogP contribution in [0, 0.1) is 0 Å². The van der Waals surface area contributed by atoms with E-state index in [1.54, 1.807) is 0 Å². The molecule has 1 aliphatic heterocycles. The van der Waals surface area contributed by atoms with Gasteiger partial charge in [0.1, 0.15) is 0 Å². The topological polar surface area (TPSA) is 69.7 Å². The number of benzene rings is 2. The summed E-state index contributed by atoms with van der Waals surface area (Å²) in [5.74, 6) is -0.0227. The number of carbonyl (C=O) groups is 1. The first-order chi connectivity index (χ1) is 13.5. The lowest BCUT2D eigenvalue weighted by Crippen LogP contribution is -2.54. The maximum Gasteiger partial charge on any atom is 0.237 e. The average Bonchev–Trinajstić information content (AvgIpc) is 2.73. The lowest BCUT2D eigenvalue weighted by Gasteiger charge is -2.36. The third kappa shape index (κ3) is 5.41. The number of hydrogen-bond acceptors (Lipinski definition) is 4. The molecule has 0 saturated carbocycles. The Balaban J connectivity index is 1.49. The van der Waals surface area contributed by atoms with Gasteiger partial charge in [0.05, 0.1) is 11.8 Å². The molecule has 0 bridgehead atoms. The van der Waals surface area contributed by atoms with E-state index >= 15 is 0 Å². The number of nitrogens with one attached hydrogen (secondary N) is 1. The van der Waals surface area contributed by atoms with Crippen molar-refractivity contribution in [2.24, 2.45) is 0 Å². The fourth-order valence-corrected chi connectivity index (χ4v) is 4.86. The number of carbonyl (C=O) groups excluding carboxylic acids is 1. The number of rotatable bonds is 7. The fraction of sp³-hybridized carbons (Fsp3) is 0.381. The van der Waals surface area contributed by atoms with E-state index in [1.807, 2.05) is 72.5 Å². The molecule has 6 nitrogen and oxygen atoms in total. The van der Waals surface area contributed by atoms with Gasteiger partial charge < -0.3 is 5.32 Å². The predicted octanol–water partition coefficient (Wildman–Crippen LogP) is 1.84. The summed E-state index contributed by atoms with van der Waals surface area (Å²) in [6.45, 7) is 4.28. The molecule has 0 aromatic heterocycles. The second-order valence-electron chi connectivity index (χ2n) is 7.06. The monoisotopic (exact) mass is 401 g/mol. The van der Waals surface area contributed by atoms with E-state index in [0.717, 1.165) is 11.1 Å². The van der Waals surface area contributed by atoms with Crippen LogP contribution in [0.15, 0.2) is 60.7 Å². The van der Waals surface area contributed by atoms with E-state index < -0.39 is 10.0 Å². The summed E-state index contributed by atoms with van der Waals surface area (Å²) in [5.41, 5.74) is 1.85. The summed E-state index contributed by atoms with van der Waals surface area (Å²) in [6.07, 6.45) is 0. The van der Waals surface area contributed by atoms with Crippen molar-refractivity contribution >= 4 is 15.9 Å². The Morgan fingerprint density at radius 2 is 1.46 bits per heavy atom. The largest absolute Gasteiger partial charge is 0.351 e. The van der Waals surface area contributed by atoms with E-state index in [4.69, 9.17) is 0 Å². The second-order valence-corrected chi connectivity index (χ2v) is 9.03. The van der Waals surface area contributed by atoms with Crippen molar-refractivity contribution in [3.05, 3.63) is 71.8 Å². The lowest BCUT2D eigenvalue weighted by atomic mass is 10.2. The van der Waals surface area contributed by atoms with Gasteiger partial charge in [-0.25, -0.2) is 8.42 Å². The summed E-state index contributed by atoms with van der Waals surface area (Å²) in [5, 5.41) is 2.96. The number of nitrogens with zero attached hydrogens (tertiary/aromatic N) is 2. The number of piperazine rings is 1. The van der Waals surface area contributed by atoms with E-state index in [9.17, 15) is 13.2 Å². The molecule has 1 amide bonds. The summed E-state index contributed by atoms with van der Waals surface area (Å²) in [4.78, 5) is 14.5. The quantitative estimate of drug-likeness (QED) is 0.769. The Bertz CT molecular complexity index is 864. The van der Waals surface area contributed by atoms with Gasteiger partial charge in [-0.3, -0.25) is 9.69 Å². The van der Waals surface area contributed by atoms with Gasteiger partial charge in [0.15, 0.2) is 0 Å². The van der Waals surface area contributed by atoms with Crippen LogP contribution in [-0.2, 0) is 27.1 Å². The highest BCUT2D eigenvalue weighted by molar-refractivity contribution is 7.88. The van der Waals surface area contributed by atoms with Crippen molar-refractivity contribution in [1.29, 1.82) is 0 Å². The zero-order chi connectivity index (χ0) is 20.0. The lowest BCUT2D eigenvalue weighted by molar-refractivity contribution is -0.126. The van der Waals surface area contributed by atoms with Crippen LogP contribution in [0.3, 0.4) is 0 Å². The molecular formula is C21H27N3O3S. The highest BCUT2D eigenvalue weighted by Gasteiger charge is 2.30. The first-order valence-corrected chi connectivity index (χ1v) is 11.1. The molecule has 0 radical (unpaired) electrons. The number of sulfonamides is 1. The molecule has 2 aromatic carbocycles. The van der Waals surface area contributed by atoms with Crippen LogP contribution in [-0.4, -0.2) is 55.8 Å². The first-order valence-electron chi connectivity index (χ1n) is 9.53. The molecule has 7 heteroatoms. The summed E-state index contributed by atoms with van der Waals surface area (Å²) >= 11 is 0. The predicted molar refractivity (Wildman–Crippen MR) is 110 cm³/mol. The smallest absolute Gasteiger partial charge is 0.237 e. The molecule has 1 N–H and O–H groups in total. The van der Waals surface area contributed by atoms with Crippen molar-refractivity contribution in [3.63, 3.8) is 0 Å². The number of hydrogen-bond donors (Lipinski definition) is 1. The first kappa shape index (κ1) is 20.5. The maximum atomic E-state index is 12.7. The Labute approximate surface area is 167 Å². The molecule has 1 heterocycles. The summed E-state index contributed by atoms with van der Waals surface area (Å²) in [6, 6.07) is 18.7. The van der Waals surface area contributed by atoms with Crippen LogP contribution < -0.4 is 5.32 Å². The van der Waals surface area contributed by atoms with Crippen LogP contribution in [0.2, 0.25) is 0 Å². The Kier molecular flexibility index (Phi) is 6.83. The zero-order valence-corrected chi connectivity index (χ0v) is 16.9. The molecule has 1 saturated heterocycles. The van der Waals surface area contributed by atoms with Gasteiger partial charge in [-0.15, -0.1) is 0 Å². The van der Waals surface area contributed by atoms with Crippen LogP contribution in [0.4, 0.5) is 0 Å². The molecule has 150 valence electrons. The maximum absolute atomic E-state index is 12.7. The van der Waals surface area contributed by atoms with Crippen LogP contribution in [0.1, 0.15) is 18.1 Å². The van der Waals surface area contributed by atoms with Crippen molar-refractivity contribution in [3.8, 4) is 0 Å². The Hall–Kier alpha value is -2.22. The SMILES string of the molecule is CC(C(=O)NCc1ccccc1)N1CCN(S(=O)(=O)Cc2ccccc2)CC1. The van der Waals surface area contributed by atoms with Crippen molar-refractivity contribution in [2.75, 3.05) is 26.2 Å². The van der Waals surface area contributed by atoms with Gasteiger partial charge >= 0.3 is 0 Å². The van der Waals surface area contributed by atoms with E-state index in [-0.39, 0.29) is 17.7 Å². The molecule has 1 fully saturated rings. The molecule has 0 aliphatic carbocycles. The third-order valence-electron chi connectivity index (χ3n) is 5.10. The van der Waals surface area contributed by atoms with Crippen LogP contribution >= 0.6 is 0 Å². The summed E-state index contributed by atoms with van der Waals surface area (Å²) < 4.78 is 26.8. The minimum absolute atomic E-state index is 0.0148. The third-order valence-corrected chi connectivity index (χ3v) is 6.95. The Morgan fingerprint density at radius 3 is 2.04 bits per heavy atom. The normalized spacial score (nSPS) is 17.2. The van der Waals surface area contributed by atoms with Crippen molar-refractivity contribution in [2.45, 2.75) is 25.3 Å². The standard InChI is InChI=1S/C21H27N3O3S/c1-18(21(25)22-16-19-8-4-2-5-9-19)23-12-14-24(15-13-23)28(26,27)17-20-10-6-3-7-11-20/h2-11,18H,12-17H2,1H3,(H,22,25). The van der Waals surface area contributed by atoms with E-state index in [0.29, 0.717) is 32.7 Å². The van der Waals surface area contributed by atoms with Gasteiger partial charge in [0.2, 0.25) is 15.9 Å². The second kappa shape index (κ2) is 9.32. The highest BCUT2D eigenvalue weighted by atomic mass is 32.2. The molecule has 1 aliphatic rings. The van der Waals surface area contributed by atoms with Crippen LogP contribution in [0.25, 0.3) is 0 Å². The van der Waals surface area contributed by atoms with Crippen molar-refractivity contribution in [1.82, 2.24) is 14.5 Å². The molecule has 1 atom stereocenters. The molecule has 28 heavy (non-hydrogen) atoms. The van der Waals surface area contributed by atoms with E-state index in [2.05, 4.69) is 5.32 Å². The minimum atomic E-state index is -3.35. The molecular weight excluding hydrogens is 374 g/mol. The highest BCUT2D eigenvalue weighted by Crippen LogP contribution is 2.15. The van der Waals surface area contributed by atoms with Gasteiger partial charge in [0.25, 0.3) is 0 Å². The summed E-state index contributed by atoms with van der Waals surface area (Å²) in [7, 11) is -3.35. The molecule has 1 unspecified atom stereocenters. The average molecular weight is 402 g/mol. The number of amides is 1. The van der Waals surface area contributed by atoms with Gasteiger partial charge in [0, 0.05) is 32.7 Å². The van der Waals surface area contributed by atoms with Gasteiger partial charge in [-0.1, -0.05) is 60.7 Å². The molecule has 2 aromatic rings. The fourth-order valence-electron chi connectivity index (χ4n) is 3.34.